The summed E-state index contributed by atoms with van der Waals surface area (Å²) in [5.74, 6) is 6.46. The van der Waals surface area contributed by atoms with Crippen LogP contribution in [0.1, 0.15) is 164 Å². The summed E-state index contributed by atoms with van der Waals surface area (Å²) < 4.78 is 0. The van der Waals surface area contributed by atoms with E-state index in [4.69, 9.17) is 11.5 Å². The zero-order valence-corrected chi connectivity index (χ0v) is 43.2. The topological polar surface area (TPSA) is 109 Å². The monoisotopic (exact) mass is 887 g/mol. The van der Waals surface area contributed by atoms with Crippen LogP contribution in [0.2, 0.25) is 0 Å². The molecule has 0 amide bonds. The Morgan fingerprint density at radius 3 is 2.06 bits per heavy atom. The highest BCUT2D eigenvalue weighted by Crippen LogP contribution is 2.37. The van der Waals surface area contributed by atoms with Gasteiger partial charge in [-0.2, -0.15) is 0 Å². The number of amidine groups is 1. The van der Waals surface area contributed by atoms with Crippen LogP contribution in [0.5, 0.6) is 0 Å². The molecule has 0 aliphatic carbocycles. The number of rotatable bonds is 15. The summed E-state index contributed by atoms with van der Waals surface area (Å²) in [6, 6.07) is 18.4. The standard InChI is InChI=1S/C31H34N4.C7H15N.C6H13NO.C5H10.C4H6.C3H6.C2H6/c1-6-8-9-27(7-2)35-19-25-17-26(13-14-28(25)21(35)4)32-18-23-10-11-24-12-15-30-31(29(24)16-23)20(3)33-22(5)34-30;1-4-5-7(8)6(2)3;1-5(7)3-4-6(2)8;1-3-5-4-2;1-3-4-2;1-3-2;1-2/h6,10-17,27,32H,1,3-4,7-9,18-19H2,2,5H3,(H,33,34);7H,2,4-5,8H2,1,3H3;5H,3-4,7H2,1-2H3;3,5H,4H2,1-2H3;1-2H3;3H,1H2,2H3;1-2H3. The molecule has 0 aromatic heterocycles. The van der Waals surface area contributed by atoms with Crippen molar-refractivity contribution in [2.24, 2.45) is 16.5 Å². The van der Waals surface area contributed by atoms with Crippen molar-refractivity contribution in [1.82, 2.24) is 10.2 Å². The number of ketones is 1. The van der Waals surface area contributed by atoms with Gasteiger partial charge in [0.15, 0.2) is 0 Å². The summed E-state index contributed by atoms with van der Waals surface area (Å²) in [6.45, 7) is 46.8. The van der Waals surface area contributed by atoms with Gasteiger partial charge in [-0.25, -0.2) is 4.99 Å². The molecule has 6 N–H and O–H groups in total. The maximum atomic E-state index is 10.3. The number of carbonyl (C=O) groups is 1. The van der Waals surface area contributed by atoms with Gasteiger partial charge in [0.2, 0.25) is 0 Å². The lowest BCUT2D eigenvalue weighted by molar-refractivity contribution is -0.117. The van der Waals surface area contributed by atoms with Crippen molar-refractivity contribution in [2.75, 3.05) is 5.32 Å². The third-order valence-corrected chi connectivity index (χ3v) is 10.1. The average molecular weight is 887 g/mol. The van der Waals surface area contributed by atoms with Crippen LogP contribution in [0.3, 0.4) is 0 Å². The normalized spacial score (nSPS) is 12.8. The Hall–Kier alpha value is -5.42. The molecule has 7 nitrogen and oxygen atoms in total. The Morgan fingerprint density at radius 1 is 0.969 bits per heavy atom. The zero-order chi connectivity index (χ0) is 49.9. The fraction of sp³-hybridized carbons (Fsp3) is 0.448. The number of hydrogen-bond acceptors (Lipinski definition) is 7. The Bertz CT molecular complexity index is 2020. The van der Waals surface area contributed by atoms with Crippen molar-refractivity contribution < 1.29 is 4.79 Å². The molecule has 358 valence electrons. The molecule has 3 unspecified atom stereocenters. The molecule has 0 saturated heterocycles. The highest BCUT2D eigenvalue weighted by atomic mass is 16.1. The van der Waals surface area contributed by atoms with E-state index in [1.807, 2.05) is 68.4 Å². The second kappa shape index (κ2) is 36.9. The van der Waals surface area contributed by atoms with Gasteiger partial charge in [0, 0.05) is 65.8 Å². The van der Waals surface area contributed by atoms with Gasteiger partial charge < -0.3 is 31.8 Å². The van der Waals surface area contributed by atoms with Crippen molar-refractivity contribution in [3.05, 3.63) is 134 Å². The first-order chi connectivity index (χ1) is 31.0. The molecule has 0 saturated carbocycles. The second-order valence-corrected chi connectivity index (χ2v) is 15.9. The number of carbonyl (C=O) groups excluding carboxylic acids is 1. The number of fused-ring (bicyclic) bond motifs is 4. The van der Waals surface area contributed by atoms with E-state index in [2.05, 4.69) is 147 Å². The van der Waals surface area contributed by atoms with Crippen LogP contribution in [0, 0.1) is 11.8 Å². The number of hydrogen-bond donors (Lipinski definition) is 4. The molecule has 0 bridgehead atoms. The first kappa shape index (κ1) is 61.7. The van der Waals surface area contributed by atoms with Crippen molar-refractivity contribution >= 4 is 45.2 Å². The maximum absolute atomic E-state index is 10.3. The number of Topliss-reactive ketones (excluding diaryl/α,β-unsaturated/α-hetero) is 1. The van der Waals surface area contributed by atoms with Crippen molar-refractivity contribution in [1.29, 1.82) is 0 Å². The molecule has 0 spiro atoms. The van der Waals surface area contributed by atoms with E-state index in [9.17, 15) is 4.79 Å². The summed E-state index contributed by atoms with van der Waals surface area (Å²) in [7, 11) is 0. The Morgan fingerprint density at radius 2 is 1.60 bits per heavy atom. The van der Waals surface area contributed by atoms with Crippen LogP contribution >= 0.6 is 0 Å². The van der Waals surface area contributed by atoms with E-state index in [1.165, 1.54) is 27.5 Å². The maximum Gasteiger partial charge on any atom is 0.129 e. The molecule has 5 rings (SSSR count). The van der Waals surface area contributed by atoms with Crippen molar-refractivity contribution in [3.8, 4) is 11.8 Å². The van der Waals surface area contributed by atoms with Gasteiger partial charge in [-0.3, -0.25) is 0 Å². The minimum Gasteiger partial charge on any atom is -0.381 e. The lowest BCUT2D eigenvalue weighted by Gasteiger charge is -2.29. The Labute approximate surface area is 398 Å². The molecule has 0 fully saturated rings. The van der Waals surface area contributed by atoms with Crippen molar-refractivity contribution in [2.45, 2.75) is 173 Å². The fourth-order valence-electron chi connectivity index (χ4n) is 6.58. The molecule has 2 aliphatic rings. The van der Waals surface area contributed by atoms with Gasteiger partial charge in [0.05, 0.1) is 5.69 Å². The largest absolute Gasteiger partial charge is 0.381 e. The molecule has 65 heavy (non-hydrogen) atoms. The second-order valence-electron chi connectivity index (χ2n) is 15.9. The summed E-state index contributed by atoms with van der Waals surface area (Å²) in [6.07, 6.45) is 16.0. The minimum absolute atomic E-state index is 0.166. The highest BCUT2D eigenvalue weighted by Gasteiger charge is 2.27. The van der Waals surface area contributed by atoms with E-state index >= 15 is 0 Å². The fourth-order valence-corrected chi connectivity index (χ4v) is 6.58. The first-order valence-electron chi connectivity index (χ1n) is 23.7. The van der Waals surface area contributed by atoms with E-state index < -0.39 is 0 Å². The summed E-state index contributed by atoms with van der Waals surface area (Å²) in [5.41, 5.74) is 21.2. The van der Waals surface area contributed by atoms with E-state index in [-0.39, 0.29) is 17.9 Å². The Balaban J connectivity index is 0. The number of nitrogens with two attached hydrogens (primary N) is 2. The molecular weight excluding hydrogens is 797 g/mol. The number of benzene rings is 3. The van der Waals surface area contributed by atoms with Gasteiger partial charge >= 0.3 is 0 Å². The summed E-state index contributed by atoms with van der Waals surface area (Å²) >= 11 is 0. The number of nitrogens with one attached hydrogen (secondary N) is 2. The van der Waals surface area contributed by atoms with Crippen molar-refractivity contribution in [3.63, 3.8) is 0 Å². The number of anilines is 1. The summed E-state index contributed by atoms with van der Waals surface area (Å²) in [5, 5.41) is 9.30. The summed E-state index contributed by atoms with van der Waals surface area (Å²) in [4.78, 5) is 17.4. The van der Waals surface area contributed by atoms with Gasteiger partial charge in [-0.1, -0.05) is 115 Å². The molecule has 3 atom stereocenters. The third-order valence-electron chi connectivity index (χ3n) is 10.1. The molecule has 3 aromatic rings. The quantitative estimate of drug-likeness (QED) is 0.0894. The number of aliphatic imine (C=N–C) groups is 1. The van der Waals surface area contributed by atoms with E-state index in [1.54, 1.807) is 13.0 Å². The molecule has 2 heterocycles. The third kappa shape index (κ3) is 24.4. The van der Waals surface area contributed by atoms with Gasteiger partial charge in [0.25, 0.3) is 0 Å². The van der Waals surface area contributed by atoms with Crippen LogP contribution in [-0.4, -0.2) is 34.6 Å². The zero-order valence-electron chi connectivity index (χ0n) is 43.2. The van der Waals surface area contributed by atoms with Gasteiger partial charge in [-0.05, 0) is 140 Å². The van der Waals surface area contributed by atoms with E-state index in [0.717, 1.165) is 97.8 Å². The lowest BCUT2D eigenvalue weighted by Crippen LogP contribution is -2.28. The highest BCUT2D eigenvalue weighted by molar-refractivity contribution is 6.05. The number of nitrogens with zero attached hydrogens (tertiary/aromatic N) is 2. The van der Waals surface area contributed by atoms with Gasteiger partial charge in [0.1, 0.15) is 11.6 Å². The van der Waals surface area contributed by atoms with E-state index in [0.29, 0.717) is 12.5 Å². The van der Waals surface area contributed by atoms with Gasteiger partial charge in [-0.15, -0.1) is 25.0 Å². The predicted octanol–water partition coefficient (Wildman–Crippen LogP) is 15.2. The van der Waals surface area contributed by atoms with Crippen LogP contribution in [-0.2, 0) is 17.9 Å². The number of allylic oxidation sites excluding steroid dienone is 4. The SMILES string of the molecule is C=C(C)C(N)CCC.C=CC.C=CCCC(CC)N1Cc2cc(NCc3ccc4ccc5c(c4c3)C(=C)NC(C)=N5)ccc2C1=C.CC.CC#CC.CC(=O)CCC(C)N.CC=CCC. The minimum atomic E-state index is 0.166. The average Bonchev–Trinajstić information content (AvgIpc) is 3.61. The molecule has 2 aliphatic heterocycles. The first-order valence-corrected chi connectivity index (χ1v) is 23.7. The van der Waals surface area contributed by atoms with Crippen LogP contribution in [0.25, 0.3) is 22.2 Å². The molecule has 7 heteroatoms. The van der Waals surface area contributed by atoms with Crippen LogP contribution < -0.4 is 22.1 Å². The van der Waals surface area contributed by atoms with Crippen LogP contribution in [0.15, 0.2) is 116 Å². The molecule has 3 aromatic carbocycles. The smallest absolute Gasteiger partial charge is 0.129 e. The predicted molar refractivity (Wildman–Crippen MR) is 293 cm³/mol. The molecular formula is C58H90N6O. The van der Waals surface area contributed by atoms with Crippen LogP contribution in [0.4, 0.5) is 11.4 Å². The Kier molecular flexibility index (Phi) is 35.0. The molecule has 0 radical (unpaired) electrons. The lowest BCUT2D eigenvalue weighted by atomic mass is 9.97.